The highest BCUT2D eigenvalue weighted by Gasteiger charge is 1.99. The second-order valence-corrected chi connectivity index (χ2v) is 2.27. The molecule has 0 unspecified atom stereocenters. The van der Waals surface area contributed by atoms with Crippen molar-refractivity contribution >= 4 is 33.2 Å². The van der Waals surface area contributed by atoms with Gasteiger partial charge < -0.3 is 24.6 Å². The summed E-state index contributed by atoms with van der Waals surface area (Å²) in [4.78, 5) is 25.6. The van der Waals surface area contributed by atoms with E-state index in [0.29, 0.717) is 12.1 Å². The molecule has 0 aromatic heterocycles. The molecule has 0 aromatic carbocycles. The van der Waals surface area contributed by atoms with E-state index in [2.05, 4.69) is 10.1 Å². The summed E-state index contributed by atoms with van der Waals surface area (Å²) in [6.07, 6.45) is 1.44. The Kier molecular flexibility index (Phi) is 5.77. The summed E-state index contributed by atoms with van der Waals surface area (Å²) in [5, 5.41) is 2.75. The summed E-state index contributed by atoms with van der Waals surface area (Å²) in [6.45, 7) is 0. The second kappa shape index (κ2) is 6.45. The van der Waals surface area contributed by atoms with Gasteiger partial charge in [0.1, 0.15) is 12.4 Å². The van der Waals surface area contributed by atoms with E-state index in [1.54, 1.807) is 19.0 Å². The average molecular weight is 167 g/mol. The van der Waals surface area contributed by atoms with Crippen LogP contribution in [0.25, 0.3) is 0 Å². The van der Waals surface area contributed by atoms with E-state index in [9.17, 15) is 9.59 Å². The molecule has 0 heterocycles. The fourth-order valence-corrected chi connectivity index (χ4v) is 0.612. The first kappa shape index (κ1) is 10.7. The highest BCUT2D eigenvalue weighted by atomic mass is 16.1. The Labute approximate surface area is 72.7 Å². The van der Waals surface area contributed by atoms with Crippen LogP contribution in [0.1, 0.15) is 0 Å². The standard InChI is InChI=1S/C5H11B2N3O2/c1-10(2)5(8-6-3-11)9-7-4-12/h3-4,6-7H,1-2H3,(H,8,9). The lowest BCUT2D eigenvalue weighted by atomic mass is 9.98. The molecule has 0 rings (SSSR count). The van der Waals surface area contributed by atoms with Crippen molar-refractivity contribution in [2.24, 2.45) is 4.90 Å². The molecule has 0 aliphatic heterocycles. The van der Waals surface area contributed by atoms with Crippen LogP contribution < -0.4 is 5.23 Å². The Morgan fingerprint density at radius 1 is 1.42 bits per heavy atom. The highest BCUT2D eigenvalue weighted by Crippen LogP contribution is 1.76. The lowest BCUT2D eigenvalue weighted by Gasteiger charge is -2.15. The monoisotopic (exact) mass is 167 g/mol. The molecule has 7 heteroatoms. The summed E-state index contributed by atoms with van der Waals surface area (Å²) in [7, 11) is 3.87. The first-order valence-electron chi connectivity index (χ1n) is 3.55. The molecule has 0 aliphatic rings. The van der Waals surface area contributed by atoms with E-state index < -0.39 is 0 Å². The zero-order valence-electron chi connectivity index (χ0n) is 7.28. The molecule has 0 radical (unpaired) electrons. The third-order valence-electron chi connectivity index (χ3n) is 1.08. The van der Waals surface area contributed by atoms with Gasteiger partial charge in [0.15, 0.2) is 5.96 Å². The third-order valence-corrected chi connectivity index (χ3v) is 1.08. The van der Waals surface area contributed by atoms with Gasteiger partial charge >= 0.3 is 14.8 Å². The molecule has 64 valence electrons. The molecule has 0 saturated heterocycles. The molecule has 0 saturated carbocycles. The summed E-state index contributed by atoms with van der Waals surface area (Å²) < 4.78 is 0. The molecule has 0 spiro atoms. The highest BCUT2D eigenvalue weighted by molar-refractivity contribution is 6.68. The van der Waals surface area contributed by atoms with E-state index in [1.165, 1.54) is 0 Å². The van der Waals surface area contributed by atoms with Crippen molar-refractivity contribution in [2.75, 3.05) is 14.1 Å². The predicted octanol–water partition coefficient (Wildman–Crippen LogP) is -2.42. The summed E-state index contributed by atoms with van der Waals surface area (Å²) >= 11 is 0. The number of carbonyl (C=O) groups excluding carboxylic acids is 2. The van der Waals surface area contributed by atoms with Crippen LogP contribution in [-0.4, -0.2) is 52.2 Å². The van der Waals surface area contributed by atoms with Crippen molar-refractivity contribution in [3.8, 4) is 0 Å². The van der Waals surface area contributed by atoms with Crippen molar-refractivity contribution in [1.82, 2.24) is 10.1 Å². The van der Waals surface area contributed by atoms with Crippen LogP contribution in [0.3, 0.4) is 0 Å². The molecular weight excluding hydrogens is 156 g/mol. The maximum atomic E-state index is 10.0. The molecule has 0 fully saturated rings. The topological polar surface area (TPSA) is 61.8 Å². The first-order valence-corrected chi connectivity index (χ1v) is 3.55. The fraction of sp³-hybridized carbons (Fsp3) is 0.400. The van der Waals surface area contributed by atoms with Crippen molar-refractivity contribution in [3.05, 3.63) is 0 Å². The van der Waals surface area contributed by atoms with Crippen LogP contribution in [0.2, 0.25) is 0 Å². The van der Waals surface area contributed by atoms with Crippen LogP contribution in [0.15, 0.2) is 4.90 Å². The maximum Gasteiger partial charge on any atom is 0.338 e. The van der Waals surface area contributed by atoms with Crippen LogP contribution in [0, 0.1) is 0 Å². The molecule has 12 heavy (non-hydrogen) atoms. The van der Waals surface area contributed by atoms with Crippen molar-refractivity contribution in [2.45, 2.75) is 0 Å². The third kappa shape index (κ3) is 4.54. The quantitative estimate of drug-likeness (QED) is 0.219. The normalized spacial score (nSPS) is 10.0. The van der Waals surface area contributed by atoms with E-state index in [-0.39, 0.29) is 14.8 Å². The van der Waals surface area contributed by atoms with E-state index >= 15 is 0 Å². The van der Waals surface area contributed by atoms with Crippen molar-refractivity contribution in [1.29, 1.82) is 0 Å². The van der Waals surface area contributed by atoms with Crippen molar-refractivity contribution in [3.63, 3.8) is 0 Å². The zero-order valence-corrected chi connectivity index (χ0v) is 7.28. The molecule has 0 atom stereocenters. The van der Waals surface area contributed by atoms with Gasteiger partial charge in [0.05, 0.1) is 0 Å². The van der Waals surface area contributed by atoms with Gasteiger partial charge in [-0.3, -0.25) is 0 Å². The van der Waals surface area contributed by atoms with Crippen LogP contribution in [-0.2, 0) is 9.59 Å². The first-order chi connectivity index (χ1) is 5.72. The van der Waals surface area contributed by atoms with E-state index in [0.717, 1.165) is 6.19 Å². The smallest absolute Gasteiger partial charge is 0.338 e. The summed E-state index contributed by atoms with van der Waals surface area (Å²) in [5.41, 5.74) is 0. The lowest BCUT2D eigenvalue weighted by Crippen LogP contribution is -2.39. The summed E-state index contributed by atoms with van der Waals surface area (Å²) in [6, 6.07) is 0. The Morgan fingerprint density at radius 3 is 2.50 bits per heavy atom. The molecule has 5 nitrogen and oxygen atoms in total. The SMILES string of the molecule is CN(C)/C(=N/BC=O)NBC=O. The zero-order chi connectivity index (χ0) is 9.40. The Bertz CT molecular complexity index is 184. The Morgan fingerprint density at radius 2 is 2.08 bits per heavy atom. The number of rotatable bonds is 4. The molecule has 0 aliphatic carbocycles. The average Bonchev–Trinajstić information content (AvgIpc) is 2.04. The lowest BCUT2D eigenvalue weighted by molar-refractivity contribution is 0.567. The Balaban J connectivity index is 4.01. The molecule has 0 bridgehead atoms. The Hall–Kier alpha value is -1.26. The minimum Gasteiger partial charge on any atom is -0.396 e. The van der Waals surface area contributed by atoms with Gasteiger partial charge in [-0.05, 0) is 0 Å². The molecule has 0 aromatic rings. The van der Waals surface area contributed by atoms with Crippen LogP contribution in [0.4, 0.5) is 0 Å². The minimum atomic E-state index is 0.110. The van der Waals surface area contributed by atoms with Crippen molar-refractivity contribution < 1.29 is 9.59 Å². The van der Waals surface area contributed by atoms with Crippen LogP contribution in [0.5, 0.6) is 0 Å². The number of carbonyl (C=O) groups is 2. The molecular formula is C5H11B2N3O2. The number of hydrogen-bond donors (Lipinski definition) is 1. The summed E-state index contributed by atoms with van der Waals surface area (Å²) in [5.74, 6) is 0.536. The maximum absolute atomic E-state index is 10.0. The molecule has 1 N–H and O–H groups in total. The number of guanidine groups is 1. The minimum absolute atomic E-state index is 0.110. The predicted molar refractivity (Wildman–Crippen MR) is 52.1 cm³/mol. The van der Waals surface area contributed by atoms with Gasteiger partial charge in [0.25, 0.3) is 0 Å². The van der Waals surface area contributed by atoms with Gasteiger partial charge in [-0.15, -0.1) is 0 Å². The molecule has 0 amide bonds. The van der Waals surface area contributed by atoms with Gasteiger partial charge in [-0.1, -0.05) is 0 Å². The van der Waals surface area contributed by atoms with Gasteiger partial charge in [-0.2, -0.15) is 0 Å². The van der Waals surface area contributed by atoms with E-state index in [4.69, 9.17) is 0 Å². The number of nitrogens with zero attached hydrogens (tertiary/aromatic N) is 2. The fourth-order valence-electron chi connectivity index (χ4n) is 0.612. The number of hydrogen-bond acceptors (Lipinski definition) is 3. The van der Waals surface area contributed by atoms with Gasteiger partial charge in [0, 0.05) is 14.1 Å². The van der Waals surface area contributed by atoms with Crippen LogP contribution >= 0.6 is 0 Å². The largest absolute Gasteiger partial charge is 0.396 e. The van der Waals surface area contributed by atoms with Gasteiger partial charge in [-0.25, -0.2) is 0 Å². The number of nitrogens with one attached hydrogen (secondary N) is 1. The van der Waals surface area contributed by atoms with E-state index in [1.807, 2.05) is 0 Å². The second-order valence-electron chi connectivity index (χ2n) is 2.27. The van der Waals surface area contributed by atoms with Gasteiger partial charge in [0.2, 0.25) is 0 Å².